The van der Waals surface area contributed by atoms with Gasteiger partial charge in [-0.15, -0.1) is 0 Å². The van der Waals surface area contributed by atoms with Gasteiger partial charge in [-0.2, -0.15) is 5.10 Å². The van der Waals surface area contributed by atoms with Crippen LogP contribution in [0.1, 0.15) is 42.8 Å². The molecule has 1 aliphatic rings. The first-order valence-electron chi connectivity index (χ1n) is 6.34. The fourth-order valence-corrected chi connectivity index (χ4v) is 2.48. The minimum absolute atomic E-state index is 0.585. The summed E-state index contributed by atoms with van der Waals surface area (Å²) in [5.74, 6) is 0.871. The lowest BCUT2D eigenvalue weighted by Gasteiger charge is -2.13. The van der Waals surface area contributed by atoms with Crippen molar-refractivity contribution in [3.8, 4) is 0 Å². The fourth-order valence-electron chi connectivity index (χ4n) is 2.48. The van der Waals surface area contributed by atoms with Crippen LogP contribution in [0.15, 0.2) is 0 Å². The van der Waals surface area contributed by atoms with Crippen LogP contribution in [0.25, 0.3) is 0 Å². The van der Waals surface area contributed by atoms with Crippen molar-refractivity contribution in [1.82, 2.24) is 15.1 Å². The number of rotatable bonds is 5. The molecule has 1 aromatic rings. The molecule has 1 aliphatic carbocycles. The van der Waals surface area contributed by atoms with Crippen molar-refractivity contribution in [3.05, 3.63) is 17.0 Å². The van der Waals surface area contributed by atoms with Crippen molar-refractivity contribution >= 4 is 0 Å². The monoisotopic (exact) mass is 221 g/mol. The molecule has 3 nitrogen and oxygen atoms in total. The Bertz CT molecular complexity index is 363. The van der Waals surface area contributed by atoms with E-state index >= 15 is 0 Å². The molecule has 0 amide bonds. The van der Waals surface area contributed by atoms with Gasteiger partial charge in [-0.05, 0) is 65.1 Å². The lowest BCUT2D eigenvalue weighted by molar-refractivity contribution is 0.429. The van der Waals surface area contributed by atoms with E-state index in [1.165, 1.54) is 29.8 Å². The highest BCUT2D eigenvalue weighted by molar-refractivity contribution is 5.25. The molecule has 0 aromatic carbocycles. The number of aryl methyl sites for hydroxylation is 1. The highest BCUT2D eigenvalue weighted by atomic mass is 15.3. The maximum absolute atomic E-state index is 4.71. The Morgan fingerprint density at radius 2 is 2.12 bits per heavy atom. The van der Waals surface area contributed by atoms with Crippen LogP contribution in [0.3, 0.4) is 0 Å². The Kier molecular flexibility index (Phi) is 3.33. The number of hydrogen-bond acceptors (Lipinski definition) is 2. The van der Waals surface area contributed by atoms with E-state index in [1.54, 1.807) is 0 Å². The molecular formula is C13H23N3. The molecule has 1 N–H and O–H groups in total. The van der Waals surface area contributed by atoms with E-state index in [0.29, 0.717) is 6.04 Å². The molecule has 1 atom stereocenters. The Morgan fingerprint density at radius 3 is 2.69 bits per heavy atom. The van der Waals surface area contributed by atoms with E-state index in [-0.39, 0.29) is 0 Å². The summed E-state index contributed by atoms with van der Waals surface area (Å²) in [7, 11) is 2.00. The van der Waals surface area contributed by atoms with Crippen LogP contribution < -0.4 is 5.32 Å². The first-order valence-corrected chi connectivity index (χ1v) is 6.34. The van der Waals surface area contributed by atoms with Gasteiger partial charge in [-0.25, -0.2) is 0 Å². The Morgan fingerprint density at radius 1 is 1.44 bits per heavy atom. The van der Waals surface area contributed by atoms with Gasteiger partial charge in [-0.3, -0.25) is 4.68 Å². The second-order valence-electron chi connectivity index (χ2n) is 5.03. The van der Waals surface area contributed by atoms with Crippen molar-refractivity contribution < 1.29 is 0 Å². The van der Waals surface area contributed by atoms with E-state index in [0.717, 1.165) is 18.9 Å². The predicted octanol–water partition coefficient (Wildman–Crippen LogP) is 2.23. The molecule has 1 heterocycles. The van der Waals surface area contributed by atoms with Crippen molar-refractivity contribution in [1.29, 1.82) is 0 Å². The van der Waals surface area contributed by atoms with Gasteiger partial charge in [0.25, 0.3) is 0 Å². The third kappa shape index (κ3) is 2.14. The summed E-state index contributed by atoms with van der Waals surface area (Å²) >= 11 is 0. The van der Waals surface area contributed by atoms with Crippen molar-refractivity contribution in [2.24, 2.45) is 5.92 Å². The maximum atomic E-state index is 4.71. The zero-order valence-electron chi connectivity index (χ0n) is 10.9. The summed E-state index contributed by atoms with van der Waals surface area (Å²) in [6.45, 7) is 7.68. The van der Waals surface area contributed by atoms with Gasteiger partial charge in [-0.1, -0.05) is 0 Å². The lowest BCUT2D eigenvalue weighted by Crippen LogP contribution is -2.13. The molecule has 0 bridgehead atoms. The van der Waals surface area contributed by atoms with Crippen LogP contribution in [0, 0.1) is 19.8 Å². The molecular weight excluding hydrogens is 198 g/mol. The third-order valence-electron chi connectivity index (χ3n) is 3.79. The number of nitrogens with one attached hydrogen (secondary N) is 1. The quantitative estimate of drug-likeness (QED) is 0.826. The van der Waals surface area contributed by atoms with E-state index < -0.39 is 0 Å². The fraction of sp³-hybridized carbons (Fsp3) is 0.769. The topological polar surface area (TPSA) is 29.9 Å². The van der Waals surface area contributed by atoms with Crippen LogP contribution in [-0.2, 0) is 6.42 Å². The van der Waals surface area contributed by atoms with Crippen LogP contribution in [-0.4, -0.2) is 23.4 Å². The average Bonchev–Trinajstić information content (AvgIpc) is 3.05. The van der Waals surface area contributed by atoms with Crippen LogP contribution in [0.4, 0.5) is 0 Å². The van der Waals surface area contributed by atoms with Gasteiger partial charge in [0.1, 0.15) is 0 Å². The van der Waals surface area contributed by atoms with E-state index in [4.69, 9.17) is 5.10 Å². The smallest absolute Gasteiger partial charge is 0.0629 e. The number of likely N-dealkylation sites (N-methyl/N-ethyl adjacent to an activating group) is 1. The molecule has 2 rings (SSSR count). The molecule has 1 aromatic heterocycles. The SMILES string of the molecule is CNCCc1c(C)nn(C(C)C2CC2)c1C. The third-order valence-corrected chi connectivity index (χ3v) is 3.79. The van der Waals surface area contributed by atoms with Crippen molar-refractivity contribution in [2.45, 2.75) is 46.1 Å². The molecule has 0 aliphatic heterocycles. The number of aromatic nitrogens is 2. The highest BCUT2D eigenvalue weighted by Crippen LogP contribution is 2.40. The molecule has 1 unspecified atom stereocenters. The summed E-state index contributed by atoms with van der Waals surface area (Å²) in [5.41, 5.74) is 4.01. The standard InChI is InChI=1S/C13H23N3/c1-9-13(7-8-14-4)11(3)16(15-9)10(2)12-5-6-12/h10,12,14H,5-8H2,1-4H3. The average molecular weight is 221 g/mol. The Balaban J connectivity index is 2.19. The van der Waals surface area contributed by atoms with E-state index in [1.807, 2.05) is 7.05 Å². The molecule has 0 saturated heterocycles. The summed E-state index contributed by atoms with van der Waals surface area (Å²) in [6.07, 6.45) is 3.85. The summed E-state index contributed by atoms with van der Waals surface area (Å²) in [4.78, 5) is 0. The van der Waals surface area contributed by atoms with Gasteiger partial charge in [0.05, 0.1) is 11.7 Å². The van der Waals surface area contributed by atoms with Crippen LogP contribution in [0.5, 0.6) is 0 Å². The second-order valence-corrected chi connectivity index (χ2v) is 5.03. The minimum atomic E-state index is 0.585. The lowest BCUT2D eigenvalue weighted by atomic mass is 10.1. The largest absolute Gasteiger partial charge is 0.319 e. The zero-order chi connectivity index (χ0) is 11.7. The molecule has 90 valence electrons. The Hall–Kier alpha value is -0.830. The summed E-state index contributed by atoms with van der Waals surface area (Å²) in [5, 5.41) is 7.92. The normalized spacial score (nSPS) is 17.8. The van der Waals surface area contributed by atoms with Crippen molar-refractivity contribution in [2.75, 3.05) is 13.6 Å². The van der Waals surface area contributed by atoms with Gasteiger partial charge in [0.2, 0.25) is 0 Å². The first-order chi connectivity index (χ1) is 7.65. The highest BCUT2D eigenvalue weighted by Gasteiger charge is 2.31. The van der Waals surface area contributed by atoms with E-state index in [2.05, 4.69) is 30.8 Å². The molecule has 0 radical (unpaired) electrons. The molecule has 1 saturated carbocycles. The van der Waals surface area contributed by atoms with Crippen LogP contribution >= 0.6 is 0 Å². The summed E-state index contributed by atoms with van der Waals surface area (Å²) in [6, 6.07) is 0.585. The van der Waals surface area contributed by atoms with Crippen molar-refractivity contribution in [3.63, 3.8) is 0 Å². The Labute approximate surface area is 98.2 Å². The van der Waals surface area contributed by atoms with Gasteiger partial charge < -0.3 is 5.32 Å². The van der Waals surface area contributed by atoms with Crippen LogP contribution in [0.2, 0.25) is 0 Å². The maximum Gasteiger partial charge on any atom is 0.0629 e. The molecule has 1 fully saturated rings. The number of nitrogens with zero attached hydrogens (tertiary/aromatic N) is 2. The van der Waals surface area contributed by atoms with Gasteiger partial charge >= 0.3 is 0 Å². The first kappa shape index (κ1) is 11.6. The molecule has 3 heteroatoms. The van der Waals surface area contributed by atoms with E-state index in [9.17, 15) is 0 Å². The molecule has 0 spiro atoms. The molecule has 16 heavy (non-hydrogen) atoms. The zero-order valence-corrected chi connectivity index (χ0v) is 10.9. The predicted molar refractivity (Wildman–Crippen MR) is 66.8 cm³/mol. The number of hydrogen-bond donors (Lipinski definition) is 1. The summed E-state index contributed by atoms with van der Waals surface area (Å²) < 4.78 is 2.25. The van der Waals surface area contributed by atoms with Gasteiger partial charge in [0.15, 0.2) is 0 Å². The minimum Gasteiger partial charge on any atom is -0.319 e. The van der Waals surface area contributed by atoms with Gasteiger partial charge in [0, 0.05) is 5.69 Å². The second kappa shape index (κ2) is 4.58.